The molecule has 1 aliphatic rings. The van der Waals surface area contributed by atoms with Crippen LogP contribution in [-0.2, 0) is 0 Å². The van der Waals surface area contributed by atoms with Crippen LogP contribution in [0.1, 0.15) is 13.3 Å². The van der Waals surface area contributed by atoms with Crippen molar-refractivity contribution < 1.29 is 5.11 Å². The van der Waals surface area contributed by atoms with E-state index in [4.69, 9.17) is 5.11 Å². The predicted octanol–water partition coefficient (Wildman–Crippen LogP) is 0.613. The highest BCUT2D eigenvalue weighted by Gasteiger charge is 2.30. The van der Waals surface area contributed by atoms with Crippen molar-refractivity contribution in [2.24, 2.45) is 11.8 Å². The standard InChI is InChI=1S/C8H15BO/c1-5-3-7(4-10)6(2)8(5)9/h5,7-8,10H,2-4,9H2,1H3/t5-,7-,8-/m0/s1. The van der Waals surface area contributed by atoms with Crippen LogP contribution in [-0.4, -0.2) is 19.6 Å². The maximum absolute atomic E-state index is 8.91. The second kappa shape index (κ2) is 2.79. The Morgan fingerprint density at radius 1 is 1.80 bits per heavy atom. The normalized spacial score (nSPS) is 40.6. The van der Waals surface area contributed by atoms with Gasteiger partial charge >= 0.3 is 0 Å². The van der Waals surface area contributed by atoms with Crippen LogP contribution in [0.25, 0.3) is 0 Å². The molecule has 0 aliphatic heterocycles. The van der Waals surface area contributed by atoms with Crippen LogP contribution >= 0.6 is 0 Å². The fourth-order valence-corrected chi connectivity index (χ4v) is 1.73. The van der Waals surface area contributed by atoms with Gasteiger partial charge in [0.2, 0.25) is 0 Å². The first-order valence-corrected chi connectivity index (χ1v) is 3.96. The Morgan fingerprint density at radius 3 is 2.60 bits per heavy atom. The van der Waals surface area contributed by atoms with E-state index in [-0.39, 0.29) is 6.61 Å². The lowest BCUT2D eigenvalue weighted by atomic mass is 9.77. The van der Waals surface area contributed by atoms with Crippen LogP contribution < -0.4 is 0 Å². The highest BCUT2D eigenvalue weighted by atomic mass is 16.3. The molecule has 1 saturated carbocycles. The quantitative estimate of drug-likeness (QED) is 0.415. The SMILES string of the molecule is B[C@@H]1C(=C)[C@H](CO)C[C@@H]1C. The summed E-state index contributed by atoms with van der Waals surface area (Å²) in [6, 6.07) is 0. The summed E-state index contributed by atoms with van der Waals surface area (Å²) in [4.78, 5) is 0. The van der Waals surface area contributed by atoms with Crippen molar-refractivity contribution in [2.75, 3.05) is 6.61 Å². The monoisotopic (exact) mass is 138 g/mol. The zero-order valence-electron chi connectivity index (χ0n) is 6.80. The summed E-state index contributed by atoms with van der Waals surface area (Å²) in [6.45, 7) is 6.49. The van der Waals surface area contributed by atoms with E-state index >= 15 is 0 Å². The Morgan fingerprint density at radius 2 is 2.40 bits per heavy atom. The highest BCUT2D eigenvalue weighted by molar-refractivity contribution is 6.14. The van der Waals surface area contributed by atoms with Gasteiger partial charge in [-0.25, -0.2) is 0 Å². The van der Waals surface area contributed by atoms with Gasteiger partial charge in [0.05, 0.1) is 0 Å². The molecule has 0 unspecified atom stereocenters. The minimum atomic E-state index is 0.285. The lowest BCUT2D eigenvalue weighted by Gasteiger charge is -2.09. The van der Waals surface area contributed by atoms with E-state index in [1.165, 1.54) is 5.57 Å². The average molecular weight is 138 g/mol. The Bertz CT molecular complexity index is 144. The summed E-state index contributed by atoms with van der Waals surface area (Å²) < 4.78 is 0. The van der Waals surface area contributed by atoms with Gasteiger partial charge in [-0.1, -0.05) is 19.1 Å². The van der Waals surface area contributed by atoms with Crippen LogP contribution in [0.3, 0.4) is 0 Å². The zero-order chi connectivity index (χ0) is 7.72. The highest BCUT2D eigenvalue weighted by Crippen LogP contribution is 2.41. The fraction of sp³-hybridized carbons (Fsp3) is 0.750. The molecule has 0 aromatic heterocycles. The third-order valence-corrected chi connectivity index (χ3v) is 2.84. The second-order valence-electron chi connectivity index (χ2n) is 3.46. The molecular formula is C8H15BO. The van der Waals surface area contributed by atoms with Crippen LogP contribution in [0.5, 0.6) is 0 Å². The van der Waals surface area contributed by atoms with E-state index < -0.39 is 0 Å². The van der Waals surface area contributed by atoms with Crippen LogP contribution in [0.15, 0.2) is 12.2 Å². The molecule has 0 saturated heterocycles. The summed E-state index contributed by atoms with van der Waals surface area (Å²) in [7, 11) is 2.20. The molecule has 10 heavy (non-hydrogen) atoms. The summed E-state index contributed by atoms with van der Waals surface area (Å²) in [5.41, 5.74) is 1.25. The molecule has 1 rings (SSSR count). The van der Waals surface area contributed by atoms with E-state index in [9.17, 15) is 0 Å². The topological polar surface area (TPSA) is 20.2 Å². The molecule has 3 atom stereocenters. The van der Waals surface area contributed by atoms with Crippen LogP contribution in [0.4, 0.5) is 0 Å². The Kier molecular flexibility index (Phi) is 2.19. The molecule has 1 nitrogen and oxygen atoms in total. The van der Waals surface area contributed by atoms with Gasteiger partial charge in [-0.05, 0) is 18.2 Å². The molecule has 2 heteroatoms. The van der Waals surface area contributed by atoms with Gasteiger partial charge in [-0.15, -0.1) is 0 Å². The van der Waals surface area contributed by atoms with Crippen molar-refractivity contribution in [3.8, 4) is 0 Å². The molecule has 0 radical (unpaired) electrons. The number of hydrogen-bond donors (Lipinski definition) is 1. The molecule has 0 spiro atoms. The minimum Gasteiger partial charge on any atom is -0.396 e. The third kappa shape index (κ3) is 1.13. The molecule has 1 fully saturated rings. The third-order valence-electron chi connectivity index (χ3n) is 2.84. The van der Waals surface area contributed by atoms with Crippen molar-refractivity contribution in [1.82, 2.24) is 0 Å². The molecular weight excluding hydrogens is 123 g/mol. The fourth-order valence-electron chi connectivity index (χ4n) is 1.73. The first kappa shape index (κ1) is 7.87. The zero-order valence-corrected chi connectivity index (χ0v) is 6.80. The maximum atomic E-state index is 8.91. The van der Waals surface area contributed by atoms with E-state index in [0.29, 0.717) is 17.7 Å². The molecule has 0 aromatic carbocycles. The van der Waals surface area contributed by atoms with Crippen LogP contribution in [0, 0.1) is 11.8 Å². The minimum absolute atomic E-state index is 0.285. The number of hydrogen-bond acceptors (Lipinski definition) is 1. The smallest absolute Gasteiger partial charge is 0.111 e. The van der Waals surface area contributed by atoms with Gasteiger partial charge in [-0.2, -0.15) is 0 Å². The van der Waals surface area contributed by atoms with E-state index in [2.05, 4.69) is 21.3 Å². The van der Waals surface area contributed by atoms with Gasteiger partial charge < -0.3 is 5.11 Å². The van der Waals surface area contributed by atoms with Crippen LogP contribution in [0.2, 0.25) is 5.82 Å². The van der Waals surface area contributed by atoms with Gasteiger partial charge in [0, 0.05) is 12.5 Å². The summed E-state index contributed by atoms with van der Waals surface area (Å²) in [5, 5.41) is 8.91. The molecule has 56 valence electrons. The molecule has 0 aromatic rings. The van der Waals surface area contributed by atoms with E-state index in [1.807, 2.05) is 0 Å². The lowest BCUT2D eigenvalue weighted by molar-refractivity contribution is 0.244. The number of rotatable bonds is 1. The number of aliphatic hydroxyl groups is 1. The predicted molar refractivity (Wildman–Crippen MR) is 45.8 cm³/mol. The molecule has 1 N–H and O–H groups in total. The largest absolute Gasteiger partial charge is 0.396 e. The first-order valence-electron chi connectivity index (χ1n) is 3.96. The Labute approximate surface area is 63.5 Å². The van der Waals surface area contributed by atoms with Gasteiger partial charge in [0.25, 0.3) is 0 Å². The first-order chi connectivity index (χ1) is 4.66. The molecule has 0 bridgehead atoms. The lowest BCUT2D eigenvalue weighted by Crippen LogP contribution is -2.02. The van der Waals surface area contributed by atoms with Gasteiger partial charge in [-0.3, -0.25) is 0 Å². The van der Waals surface area contributed by atoms with Gasteiger partial charge in [0.1, 0.15) is 7.85 Å². The number of aliphatic hydroxyl groups excluding tert-OH is 1. The molecule has 1 aliphatic carbocycles. The Balaban J connectivity index is 2.62. The summed E-state index contributed by atoms with van der Waals surface area (Å²) in [6.07, 6.45) is 1.12. The summed E-state index contributed by atoms with van der Waals surface area (Å²) >= 11 is 0. The maximum Gasteiger partial charge on any atom is 0.111 e. The average Bonchev–Trinajstić information content (AvgIpc) is 2.17. The van der Waals surface area contributed by atoms with Crippen molar-refractivity contribution in [3.05, 3.63) is 12.2 Å². The van der Waals surface area contributed by atoms with E-state index in [1.54, 1.807) is 0 Å². The van der Waals surface area contributed by atoms with Crippen molar-refractivity contribution in [2.45, 2.75) is 19.2 Å². The molecule has 0 heterocycles. The van der Waals surface area contributed by atoms with Crippen molar-refractivity contribution >= 4 is 7.85 Å². The van der Waals surface area contributed by atoms with Crippen molar-refractivity contribution in [3.63, 3.8) is 0 Å². The Hall–Kier alpha value is -0.235. The summed E-state index contributed by atoms with van der Waals surface area (Å²) in [5.74, 6) is 1.70. The van der Waals surface area contributed by atoms with Crippen molar-refractivity contribution in [1.29, 1.82) is 0 Å². The van der Waals surface area contributed by atoms with Gasteiger partial charge in [0.15, 0.2) is 0 Å². The van der Waals surface area contributed by atoms with E-state index in [0.717, 1.165) is 6.42 Å². The second-order valence-corrected chi connectivity index (χ2v) is 3.46. The molecule has 0 amide bonds.